The second-order valence-electron chi connectivity index (χ2n) is 5.27. The number of aryl methyl sites for hydroxylation is 1. The molecule has 0 aliphatic heterocycles. The van der Waals surface area contributed by atoms with Crippen molar-refractivity contribution in [3.05, 3.63) is 48.3 Å². The summed E-state index contributed by atoms with van der Waals surface area (Å²) in [6.45, 7) is 1.90. The molecule has 0 bridgehead atoms. The second kappa shape index (κ2) is 5.69. The van der Waals surface area contributed by atoms with Gasteiger partial charge >= 0.3 is 6.01 Å². The predicted octanol–water partition coefficient (Wildman–Crippen LogP) is 3.67. The van der Waals surface area contributed by atoms with Crippen molar-refractivity contribution in [2.75, 3.05) is 12.4 Å². The zero-order valence-corrected chi connectivity index (χ0v) is 13.2. The fourth-order valence-corrected chi connectivity index (χ4v) is 2.58. The van der Waals surface area contributed by atoms with Gasteiger partial charge < -0.3 is 19.5 Å². The summed E-state index contributed by atoms with van der Waals surface area (Å²) in [6, 6.07) is 13.7. The molecule has 2 aromatic heterocycles. The lowest BCUT2D eigenvalue weighted by molar-refractivity contribution is 0.418. The third-order valence-corrected chi connectivity index (χ3v) is 3.61. The van der Waals surface area contributed by atoms with E-state index in [0.29, 0.717) is 23.2 Å². The maximum Gasteiger partial charge on any atom is 0.320 e. The molecule has 2 N–H and O–H groups in total. The van der Waals surface area contributed by atoms with E-state index >= 15 is 0 Å². The Bertz CT molecular complexity index is 991. The number of nitrogens with zero attached hydrogens (tertiary/aromatic N) is 3. The number of imidazole rings is 1. The van der Waals surface area contributed by atoms with E-state index in [4.69, 9.17) is 9.15 Å². The summed E-state index contributed by atoms with van der Waals surface area (Å²) in [6.07, 6.45) is 0. The maximum atomic E-state index is 5.72. The Kier molecular flexibility index (Phi) is 3.38. The molecule has 7 heteroatoms. The topological polar surface area (TPSA) is 88.9 Å². The number of fused-ring (bicyclic) bond motifs is 1. The number of methoxy groups -OCH3 is 1. The van der Waals surface area contributed by atoms with Crippen molar-refractivity contribution in [2.24, 2.45) is 0 Å². The Morgan fingerprint density at radius 3 is 2.71 bits per heavy atom. The largest absolute Gasteiger partial charge is 0.494 e. The molecular weight excluding hydrogens is 306 g/mol. The quantitative estimate of drug-likeness (QED) is 0.596. The van der Waals surface area contributed by atoms with Crippen LogP contribution in [0.2, 0.25) is 0 Å². The van der Waals surface area contributed by atoms with Gasteiger partial charge in [-0.3, -0.25) is 0 Å². The van der Waals surface area contributed by atoms with Crippen molar-refractivity contribution in [1.29, 1.82) is 0 Å². The predicted molar refractivity (Wildman–Crippen MR) is 90.4 cm³/mol. The number of rotatable bonds is 4. The molecule has 4 rings (SSSR count). The van der Waals surface area contributed by atoms with Gasteiger partial charge in [-0.05, 0) is 31.2 Å². The Morgan fingerprint density at radius 2 is 1.92 bits per heavy atom. The highest BCUT2D eigenvalue weighted by Gasteiger charge is 2.18. The summed E-state index contributed by atoms with van der Waals surface area (Å²) in [7, 11) is 1.60. The first-order chi connectivity index (χ1) is 11.7. The number of hydrogen-bond donors (Lipinski definition) is 2. The zero-order valence-electron chi connectivity index (χ0n) is 13.2. The lowest BCUT2D eigenvalue weighted by atomic mass is 10.1. The fourth-order valence-electron chi connectivity index (χ4n) is 2.58. The van der Waals surface area contributed by atoms with Crippen molar-refractivity contribution in [2.45, 2.75) is 6.92 Å². The standard InChI is InChI=1S/C17H15N5O2/c1-10-18-13-9-8-12(15(23-2)14(13)19-10)16-21-22-17(24-16)20-11-6-4-3-5-7-11/h3-9H,1-2H3,(H,18,19)(H,20,22). The smallest absolute Gasteiger partial charge is 0.320 e. The molecule has 7 nitrogen and oxygen atoms in total. The number of aromatic amines is 1. The Balaban J connectivity index is 1.73. The molecule has 2 aromatic carbocycles. The molecule has 0 spiro atoms. The highest BCUT2D eigenvalue weighted by atomic mass is 16.5. The lowest BCUT2D eigenvalue weighted by Crippen LogP contribution is -1.90. The first kappa shape index (κ1) is 14.3. The van der Waals surface area contributed by atoms with Gasteiger partial charge in [-0.25, -0.2) is 4.98 Å². The number of hydrogen-bond acceptors (Lipinski definition) is 6. The molecule has 0 atom stereocenters. The molecule has 0 unspecified atom stereocenters. The van der Waals surface area contributed by atoms with Crippen LogP contribution in [0.15, 0.2) is 46.9 Å². The average Bonchev–Trinajstić information content (AvgIpc) is 3.20. The Hall–Kier alpha value is -3.35. The second-order valence-corrected chi connectivity index (χ2v) is 5.27. The monoisotopic (exact) mass is 321 g/mol. The van der Waals surface area contributed by atoms with Gasteiger partial charge in [0.25, 0.3) is 5.89 Å². The molecule has 120 valence electrons. The molecule has 0 aliphatic carbocycles. The highest BCUT2D eigenvalue weighted by Crippen LogP contribution is 2.35. The first-order valence-electron chi connectivity index (χ1n) is 7.44. The number of aromatic nitrogens is 4. The SMILES string of the molecule is COc1c(-c2nnc(Nc3ccccc3)o2)ccc2[nH]c(C)nc12. The van der Waals surface area contributed by atoms with Crippen LogP contribution in [-0.4, -0.2) is 27.3 Å². The van der Waals surface area contributed by atoms with E-state index in [9.17, 15) is 0 Å². The van der Waals surface area contributed by atoms with Crippen LogP contribution in [0.25, 0.3) is 22.5 Å². The van der Waals surface area contributed by atoms with E-state index in [-0.39, 0.29) is 0 Å². The van der Waals surface area contributed by atoms with Crippen LogP contribution in [0, 0.1) is 6.92 Å². The summed E-state index contributed by atoms with van der Waals surface area (Å²) in [5.74, 6) is 1.79. The highest BCUT2D eigenvalue weighted by molar-refractivity contribution is 5.89. The molecule has 0 fully saturated rings. The van der Waals surface area contributed by atoms with Gasteiger partial charge in [-0.2, -0.15) is 0 Å². The van der Waals surface area contributed by atoms with Crippen molar-refractivity contribution in [1.82, 2.24) is 20.2 Å². The van der Waals surface area contributed by atoms with Crippen LogP contribution in [-0.2, 0) is 0 Å². The van der Waals surface area contributed by atoms with Gasteiger partial charge in [0.1, 0.15) is 11.3 Å². The van der Waals surface area contributed by atoms with Crippen LogP contribution in [0.3, 0.4) is 0 Å². The molecule has 0 aliphatic rings. The van der Waals surface area contributed by atoms with Crippen LogP contribution in [0.1, 0.15) is 5.82 Å². The van der Waals surface area contributed by atoms with Gasteiger partial charge in [0.2, 0.25) is 0 Å². The van der Waals surface area contributed by atoms with Crippen LogP contribution in [0.4, 0.5) is 11.7 Å². The summed E-state index contributed by atoms with van der Waals surface area (Å²) in [5.41, 5.74) is 3.21. The van der Waals surface area contributed by atoms with E-state index in [1.807, 2.05) is 49.4 Å². The Labute approximate surface area is 137 Å². The van der Waals surface area contributed by atoms with Gasteiger partial charge in [0.15, 0.2) is 5.75 Å². The number of para-hydroxylation sites is 1. The fraction of sp³-hybridized carbons (Fsp3) is 0.118. The van der Waals surface area contributed by atoms with Crippen molar-refractivity contribution in [3.63, 3.8) is 0 Å². The van der Waals surface area contributed by atoms with Crippen LogP contribution in [0.5, 0.6) is 5.75 Å². The number of ether oxygens (including phenoxy) is 1. The van der Waals surface area contributed by atoms with Crippen LogP contribution < -0.4 is 10.1 Å². The summed E-state index contributed by atoms with van der Waals surface area (Å²) >= 11 is 0. The molecule has 0 amide bonds. The molecule has 24 heavy (non-hydrogen) atoms. The maximum absolute atomic E-state index is 5.72. The first-order valence-corrected chi connectivity index (χ1v) is 7.44. The van der Waals surface area contributed by atoms with E-state index < -0.39 is 0 Å². The van der Waals surface area contributed by atoms with E-state index in [2.05, 4.69) is 25.5 Å². The molecule has 0 radical (unpaired) electrons. The molecule has 0 saturated carbocycles. The van der Waals surface area contributed by atoms with Gasteiger partial charge in [0, 0.05) is 5.69 Å². The molecule has 4 aromatic rings. The van der Waals surface area contributed by atoms with E-state index in [1.54, 1.807) is 7.11 Å². The minimum Gasteiger partial charge on any atom is -0.494 e. The van der Waals surface area contributed by atoms with E-state index in [0.717, 1.165) is 22.5 Å². The summed E-state index contributed by atoms with van der Waals surface area (Å²) < 4.78 is 11.2. The number of H-pyrrole nitrogens is 1. The minimum atomic E-state index is 0.316. The number of nitrogens with one attached hydrogen (secondary N) is 2. The third-order valence-electron chi connectivity index (χ3n) is 3.61. The van der Waals surface area contributed by atoms with Crippen LogP contribution >= 0.6 is 0 Å². The lowest BCUT2D eigenvalue weighted by Gasteiger charge is -2.05. The summed E-state index contributed by atoms with van der Waals surface area (Å²) in [5, 5.41) is 11.2. The van der Waals surface area contributed by atoms with Crippen molar-refractivity contribution in [3.8, 4) is 17.2 Å². The number of anilines is 2. The van der Waals surface area contributed by atoms with Gasteiger partial charge in [0.05, 0.1) is 18.2 Å². The zero-order chi connectivity index (χ0) is 16.5. The third kappa shape index (κ3) is 2.45. The van der Waals surface area contributed by atoms with E-state index in [1.165, 1.54) is 0 Å². The normalized spacial score (nSPS) is 10.9. The minimum absolute atomic E-state index is 0.316. The van der Waals surface area contributed by atoms with Gasteiger partial charge in [-0.1, -0.05) is 23.3 Å². The summed E-state index contributed by atoms with van der Waals surface area (Å²) in [4.78, 5) is 7.64. The average molecular weight is 321 g/mol. The van der Waals surface area contributed by atoms with Gasteiger partial charge in [-0.15, -0.1) is 5.10 Å². The Morgan fingerprint density at radius 1 is 1.08 bits per heavy atom. The molecule has 0 saturated heterocycles. The molecule has 2 heterocycles. The molecular formula is C17H15N5O2. The number of benzene rings is 2. The van der Waals surface area contributed by atoms with Crippen molar-refractivity contribution >= 4 is 22.7 Å². The van der Waals surface area contributed by atoms with Crippen molar-refractivity contribution < 1.29 is 9.15 Å².